The molecule has 24 heavy (non-hydrogen) atoms. The van der Waals surface area contributed by atoms with Crippen LogP contribution in [0.1, 0.15) is 17.3 Å². The smallest absolute Gasteiger partial charge is 0.339 e. The van der Waals surface area contributed by atoms with Crippen molar-refractivity contribution < 1.29 is 14.6 Å². The fourth-order valence-corrected chi connectivity index (χ4v) is 2.59. The number of hydrogen-bond acceptors (Lipinski definition) is 5. The summed E-state index contributed by atoms with van der Waals surface area (Å²) in [6.07, 6.45) is 3.36. The number of ether oxygens (including phenoxy) is 1. The average molecular weight is 323 g/mol. The lowest BCUT2D eigenvalue weighted by Gasteiger charge is -2.23. The van der Waals surface area contributed by atoms with Gasteiger partial charge in [-0.2, -0.15) is 0 Å². The molecule has 3 aromatic rings. The first-order valence-corrected chi connectivity index (χ1v) is 7.53. The lowest BCUT2D eigenvalue weighted by atomic mass is 10.1. The number of hydrogen-bond donors (Lipinski definition) is 1. The van der Waals surface area contributed by atoms with E-state index in [4.69, 9.17) is 4.74 Å². The van der Waals surface area contributed by atoms with Crippen molar-refractivity contribution in [3.05, 3.63) is 54.4 Å². The molecule has 0 spiro atoms. The summed E-state index contributed by atoms with van der Waals surface area (Å²) < 4.78 is 5.23. The molecular weight excluding hydrogens is 306 g/mol. The van der Waals surface area contributed by atoms with Gasteiger partial charge in [0.1, 0.15) is 17.1 Å². The number of aromatic nitrogens is 2. The molecular formula is C18H17N3O3. The maximum atomic E-state index is 11.7. The van der Waals surface area contributed by atoms with Crippen LogP contribution in [0.5, 0.6) is 5.75 Å². The highest BCUT2D eigenvalue weighted by atomic mass is 16.5. The van der Waals surface area contributed by atoms with Gasteiger partial charge >= 0.3 is 5.97 Å². The number of carboxylic acid groups (broad SMARTS) is 1. The molecule has 122 valence electrons. The predicted molar refractivity (Wildman–Crippen MR) is 92.2 cm³/mol. The molecule has 0 saturated carbocycles. The van der Waals surface area contributed by atoms with Crippen LogP contribution in [0.3, 0.4) is 0 Å². The Morgan fingerprint density at radius 2 is 2.12 bits per heavy atom. The van der Waals surface area contributed by atoms with Crippen molar-refractivity contribution in [2.75, 3.05) is 18.6 Å². The molecule has 0 bridgehead atoms. The van der Waals surface area contributed by atoms with Crippen LogP contribution in [0.4, 0.5) is 11.5 Å². The highest BCUT2D eigenvalue weighted by Crippen LogP contribution is 2.30. The van der Waals surface area contributed by atoms with E-state index >= 15 is 0 Å². The van der Waals surface area contributed by atoms with Gasteiger partial charge in [-0.15, -0.1) is 0 Å². The fraction of sp³-hybridized carbons (Fsp3) is 0.167. The second-order valence-corrected chi connectivity index (χ2v) is 5.18. The molecule has 0 atom stereocenters. The molecule has 2 heterocycles. The van der Waals surface area contributed by atoms with E-state index in [0.717, 1.165) is 11.1 Å². The molecule has 1 aromatic carbocycles. The third kappa shape index (κ3) is 2.86. The summed E-state index contributed by atoms with van der Waals surface area (Å²) >= 11 is 0. The Bertz CT molecular complexity index is 881. The lowest BCUT2D eigenvalue weighted by molar-refractivity contribution is 0.0697. The van der Waals surface area contributed by atoms with Crippen molar-refractivity contribution in [2.45, 2.75) is 6.92 Å². The summed E-state index contributed by atoms with van der Waals surface area (Å²) in [7, 11) is 1.59. The van der Waals surface area contributed by atoms with Crippen LogP contribution in [0, 0.1) is 0 Å². The van der Waals surface area contributed by atoms with E-state index in [2.05, 4.69) is 9.97 Å². The highest BCUT2D eigenvalue weighted by Gasteiger charge is 2.19. The molecule has 2 aromatic heterocycles. The van der Waals surface area contributed by atoms with Crippen molar-refractivity contribution in [3.63, 3.8) is 0 Å². The van der Waals surface area contributed by atoms with E-state index in [0.29, 0.717) is 23.6 Å². The van der Waals surface area contributed by atoms with Crippen molar-refractivity contribution >= 4 is 28.4 Å². The van der Waals surface area contributed by atoms with E-state index in [1.807, 2.05) is 24.0 Å². The van der Waals surface area contributed by atoms with Gasteiger partial charge in [0.2, 0.25) is 0 Å². The number of carboxylic acids is 1. The predicted octanol–water partition coefficient (Wildman–Crippen LogP) is 3.49. The van der Waals surface area contributed by atoms with Crippen LogP contribution < -0.4 is 9.64 Å². The van der Waals surface area contributed by atoms with Crippen molar-refractivity contribution in [3.8, 4) is 5.75 Å². The van der Waals surface area contributed by atoms with Crippen LogP contribution in [0.25, 0.3) is 10.9 Å². The maximum absolute atomic E-state index is 11.7. The zero-order valence-electron chi connectivity index (χ0n) is 13.4. The topological polar surface area (TPSA) is 75.5 Å². The normalized spacial score (nSPS) is 10.6. The first-order valence-electron chi connectivity index (χ1n) is 7.53. The number of pyridine rings is 2. The average Bonchev–Trinajstić information content (AvgIpc) is 2.62. The molecule has 6 nitrogen and oxygen atoms in total. The number of carbonyl (C=O) groups is 1. The first kappa shape index (κ1) is 15.7. The number of benzene rings is 1. The summed E-state index contributed by atoms with van der Waals surface area (Å²) in [5, 5.41) is 10.4. The number of methoxy groups -OCH3 is 1. The number of nitrogens with zero attached hydrogens (tertiary/aromatic N) is 3. The third-order valence-corrected chi connectivity index (χ3v) is 3.76. The van der Waals surface area contributed by atoms with Gasteiger partial charge in [-0.3, -0.25) is 4.98 Å². The second kappa shape index (κ2) is 6.54. The molecule has 0 radical (unpaired) electrons. The van der Waals surface area contributed by atoms with Crippen molar-refractivity contribution in [1.29, 1.82) is 0 Å². The van der Waals surface area contributed by atoms with Crippen LogP contribution in [0.15, 0.2) is 48.8 Å². The third-order valence-electron chi connectivity index (χ3n) is 3.76. The van der Waals surface area contributed by atoms with Gasteiger partial charge in [0.05, 0.1) is 24.5 Å². The minimum absolute atomic E-state index is 0.151. The molecule has 3 rings (SSSR count). The van der Waals surface area contributed by atoms with Gasteiger partial charge < -0.3 is 14.7 Å². The van der Waals surface area contributed by atoms with Gasteiger partial charge in [-0.25, -0.2) is 9.78 Å². The van der Waals surface area contributed by atoms with Crippen LogP contribution >= 0.6 is 0 Å². The number of rotatable bonds is 5. The van der Waals surface area contributed by atoms with E-state index in [-0.39, 0.29) is 5.56 Å². The van der Waals surface area contributed by atoms with Crippen LogP contribution in [0.2, 0.25) is 0 Å². The van der Waals surface area contributed by atoms with Gasteiger partial charge in [0.25, 0.3) is 0 Å². The lowest BCUT2D eigenvalue weighted by Crippen LogP contribution is -2.20. The molecule has 0 aliphatic heterocycles. The Morgan fingerprint density at radius 1 is 1.29 bits per heavy atom. The van der Waals surface area contributed by atoms with E-state index in [1.54, 1.807) is 43.8 Å². The van der Waals surface area contributed by atoms with Crippen LogP contribution in [-0.4, -0.2) is 34.7 Å². The monoisotopic (exact) mass is 323 g/mol. The molecule has 0 amide bonds. The highest BCUT2D eigenvalue weighted by molar-refractivity contribution is 5.99. The summed E-state index contributed by atoms with van der Waals surface area (Å²) in [4.78, 5) is 22.3. The van der Waals surface area contributed by atoms with Gasteiger partial charge in [0, 0.05) is 24.2 Å². The summed E-state index contributed by atoms with van der Waals surface area (Å²) in [5.74, 6) is 0.0461. The Kier molecular flexibility index (Phi) is 4.29. The fourth-order valence-electron chi connectivity index (χ4n) is 2.59. The molecule has 1 N–H and O–H groups in total. The van der Waals surface area contributed by atoms with Gasteiger partial charge in [-0.1, -0.05) is 0 Å². The summed E-state index contributed by atoms with van der Waals surface area (Å²) in [5.41, 5.74) is 1.62. The van der Waals surface area contributed by atoms with E-state index in [9.17, 15) is 9.90 Å². The zero-order valence-corrected chi connectivity index (χ0v) is 13.4. The minimum Gasteiger partial charge on any atom is -0.497 e. The van der Waals surface area contributed by atoms with Crippen molar-refractivity contribution in [1.82, 2.24) is 9.97 Å². The zero-order chi connectivity index (χ0) is 17.1. The molecule has 0 aliphatic rings. The number of aromatic carboxylic acids is 1. The van der Waals surface area contributed by atoms with Gasteiger partial charge in [-0.05, 0) is 37.3 Å². The molecule has 0 unspecified atom stereocenters. The Balaban J connectivity index is 2.23. The Hall–Kier alpha value is -3.15. The largest absolute Gasteiger partial charge is 0.497 e. The Labute approximate surface area is 139 Å². The van der Waals surface area contributed by atoms with E-state index in [1.165, 1.54) is 0 Å². The Morgan fingerprint density at radius 3 is 2.75 bits per heavy atom. The maximum Gasteiger partial charge on any atom is 0.339 e. The summed E-state index contributed by atoms with van der Waals surface area (Å²) in [6.45, 7) is 2.50. The standard InChI is InChI=1S/C18H17N3O3/c1-3-21(13-5-4-8-19-11-13)17-15(18(22)23)9-12-6-7-14(24-2)10-16(12)20-17/h4-11H,3H2,1-2H3,(H,22,23). The number of anilines is 2. The second-order valence-electron chi connectivity index (χ2n) is 5.18. The molecule has 0 saturated heterocycles. The minimum atomic E-state index is -1.02. The number of fused-ring (bicyclic) bond motifs is 1. The van der Waals surface area contributed by atoms with Crippen LogP contribution in [-0.2, 0) is 0 Å². The quantitative estimate of drug-likeness (QED) is 0.774. The molecule has 0 fully saturated rings. The SMILES string of the molecule is CCN(c1cccnc1)c1nc2cc(OC)ccc2cc1C(=O)O. The first-order chi connectivity index (χ1) is 11.6. The van der Waals surface area contributed by atoms with Gasteiger partial charge in [0.15, 0.2) is 0 Å². The van der Waals surface area contributed by atoms with E-state index < -0.39 is 5.97 Å². The summed E-state index contributed by atoms with van der Waals surface area (Å²) in [6, 6.07) is 10.7. The molecule has 0 aliphatic carbocycles. The van der Waals surface area contributed by atoms with Crippen molar-refractivity contribution in [2.24, 2.45) is 0 Å². The molecule has 6 heteroatoms.